The molecule has 0 saturated carbocycles. The van der Waals surface area contributed by atoms with Crippen LogP contribution in [0.3, 0.4) is 0 Å². The molecule has 2 aromatic carbocycles. The maximum Gasteiger partial charge on any atom is 0.322 e. The van der Waals surface area contributed by atoms with Crippen LogP contribution in [0.15, 0.2) is 42.5 Å². The van der Waals surface area contributed by atoms with Crippen molar-refractivity contribution in [2.45, 2.75) is 26.7 Å². The highest BCUT2D eigenvalue weighted by molar-refractivity contribution is 6.30. The number of nitrogens with one attached hydrogen (secondary N) is 1. The number of ether oxygens (including phenoxy) is 2. The second kappa shape index (κ2) is 11.5. The summed E-state index contributed by atoms with van der Waals surface area (Å²) < 4.78 is 10.6. The molecule has 2 amide bonds. The van der Waals surface area contributed by atoms with E-state index in [1.54, 1.807) is 32.4 Å². The molecule has 4 rings (SSSR count). The Morgan fingerprint density at radius 1 is 1.03 bits per heavy atom. The summed E-state index contributed by atoms with van der Waals surface area (Å²) in [5.41, 5.74) is 3.95. The minimum absolute atomic E-state index is 0.160. The molecular weight excluding hydrogens is 478 g/mol. The second-order valence-electron chi connectivity index (χ2n) is 8.65. The van der Waals surface area contributed by atoms with E-state index < -0.39 is 0 Å². The molecule has 9 heteroatoms. The van der Waals surface area contributed by atoms with Crippen LogP contribution in [0.4, 0.5) is 16.3 Å². The first kappa shape index (κ1) is 25.6. The van der Waals surface area contributed by atoms with Gasteiger partial charge in [-0.3, -0.25) is 0 Å². The zero-order chi connectivity index (χ0) is 25.7. The Bertz CT molecular complexity index is 1210. The highest BCUT2D eigenvalue weighted by atomic mass is 35.5. The molecule has 1 N–H and O–H groups in total. The van der Waals surface area contributed by atoms with Crippen molar-refractivity contribution in [3.05, 3.63) is 70.1 Å². The van der Waals surface area contributed by atoms with Crippen LogP contribution in [0, 0.1) is 6.92 Å². The van der Waals surface area contributed by atoms with Gasteiger partial charge in [0.05, 0.1) is 19.9 Å². The van der Waals surface area contributed by atoms with E-state index in [-0.39, 0.29) is 6.03 Å². The SMILES string of the molecule is CCc1nc(C)nc(N2CCN(C(=O)Nc3ccc(OC)cc3OC)CC2)c1Cc1ccc(Cl)cc1. The van der Waals surface area contributed by atoms with Gasteiger partial charge in [-0.25, -0.2) is 14.8 Å². The Hall–Kier alpha value is -3.52. The standard InChI is InChI=1S/C27H32ClN5O3/c1-5-23-22(16-19-6-8-20(28)9-7-19)26(30-18(2)29-23)32-12-14-33(15-13-32)27(34)31-24-11-10-21(35-3)17-25(24)36-4/h6-11,17H,5,12-16H2,1-4H3,(H,31,34). The number of rotatable bonds is 7. The number of nitrogens with zero attached hydrogens (tertiary/aromatic N) is 4. The summed E-state index contributed by atoms with van der Waals surface area (Å²) in [5.74, 6) is 2.93. The summed E-state index contributed by atoms with van der Waals surface area (Å²) in [6, 6.07) is 13.1. The first-order valence-electron chi connectivity index (χ1n) is 12.1. The van der Waals surface area contributed by atoms with Gasteiger partial charge in [0, 0.05) is 54.9 Å². The number of aromatic nitrogens is 2. The predicted octanol–water partition coefficient (Wildman–Crippen LogP) is 4.96. The molecular formula is C27H32ClN5O3. The van der Waals surface area contributed by atoms with Crippen molar-refractivity contribution in [2.24, 2.45) is 0 Å². The van der Waals surface area contributed by atoms with Crippen LogP contribution in [-0.4, -0.2) is 61.3 Å². The molecule has 0 atom stereocenters. The monoisotopic (exact) mass is 509 g/mol. The van der Waals surface area contributed by atoms with Crippen LogP contribution in [0.25, 0.3) is 0 Å². The number of amides is 2. The Balaban J connectivity index is 1.48. The number of hydrogen-bond acceptors (Lipinski definition) is 6. The lowest BCUT2D eigenvalue weighted by molar-refractivity contribution is 0.208. The van der Waals surface area contributed by atoms with Gasteiger partial charge in [0.2, 0.25) is 0 Å². The van der Waals surface area contributed by atoms with Crippen molar-refractivity contribution in [1.82, 2.24) is 14.9 Å². The van der Waals surface area contributed by atoms with Crippen molar-refractivity contribution < 1.29 is 14.3 Å². The molecule has 0 radical (unpaired) electrons. The fourth-order valence-electron chi connectivity index (χ4n) is 4.40. The van der Waals surface area contributed by atoms with E-state index >= 15 is 0 Å². The number of piperazine rings is 1. The van der Waals surface area contributed by atoms with Crippen LogP contribution in [0.2, 0.25) is 5.02 Å². The molecule has 8 nitrogen and oxygen atoms in total. The third-order valence-electron chi connectivity index (χ3n) is 6.33. The molecule has 190 valence electrons. The first-order valence-corrected chi connectivity index (χ1v) is 12.4. The summed E-state index contributed by atoms with van der Waals surface area (Å²) >= 11 is 6.08. The number of hydrogen-bond donors (Lipinski definition) is 1. The normalized spacial score (nSPS) is 13.5. The van der Waals surface area contributed by atoms with Crippen LogP contribution < -0.4 is 19.7 Å². The van der Waals surface area contributed by atoms with Gasteiger partial charge < -0.3 is 24.6 Å². The number of halogens is 1. The molecule has 3 aromatic rings. The Morgan fingerprint density at radius 3 is 2.39 bits per heavy atom. The first-order chi connectivity index (χ1) is 17.4. The molecule has 1 aromatic heterocycles. The minimum Gasteiger partial charge on any atom is -0.497 e. The average Bonchev–Trinajstić information content (AvgIpc) is 2.90. The smallest absolute Gasteiger partial charge is 0.322 e. The highest BCUT2D eigenvalue weighted by Gasteiger charge is 2.26. The summed E-state index contributed by atoms with van der Waals surface area (Å²) in [4.78, 5) is 26.6. The quantitative estimate of drug-likeness (QED) is 0.484. The van der Waals surface area contributed by atoms with E-state index in [4.69, 9.17) is 31.0 Å². The lowest BCUT2D eigenvalue weighted by Crippen LogP contribution is -2.50. The number of urea groups is 1. The molecule has 1 saturated heterocycles. The van der Waals surface area contributed by atoms with E-state index in [0.29, 0.717) is 43.4 Å². The van der Waals surface area contributed by atoms with E-state index in [1.807, 2.05) is 36.1 Å². The fourth-order valence-corrected chi connectivity index (χ4v) is 4.52. The molecule has 2 heterocycles. The number of carbonyl (C=O) groups is 1. The molecule has 36 heavy (non-hydrogen) atoms. The number of anilines is 2. The number of carbonyl (C=O) groups excluding carboxylic acids is 1. The largest absolute Gasteiger partial charge is 0.497 e. The maximum absolute atomic E-state index is 13.0. The van der Waals surface area contributed by atoms with Crippen molar-refractivity contribution in [2.75, 3.05) is 50.6 Å². The Kier molecular flexibility index (Phi) is 8.15. The fraction of sp³-hybridized carbons (Fsp3) is 0.370. The van der Waals surface area contributed by atoms with Gasteiger partial charge in [0.25, 0.3) is 0 Å². The summed E-state index contributed by atoms with van der Waals surface area (Å²) in [7, 11) is 3.16. The average molecular weight is 510 g/mol. The summed E-state index contributed by atoms with van der Waals surface area (Å²) in [5, 5.41) is 3.68. The Morgan fingerprint density at radius 2 is 1.75 bits per heavy atom. The molecule has 0 bridgehead atoms. The van der Waals surface area contributed by atoms with Crippen molar-refractivity contribution >= 4 is 29.1 Å². The van der Waals surface area contributed by atoms with Crippen LogP contribution >= 0.6 is 11.6 Å². The maximum atomic E-state index is 13.0. The topological polar surface area (TPSA) is 79.8 Å². The van der Waals surface area contributed by atoms with Gasteiger partial charge in [-0.05, 0) is 43.2 Å². The minimum atomic E-state index is -0.160. The van der Waals surface area contributed by atoms with Gasteiger partial charge >= 0.3 is 6.03 Å². The van der Waals surface area contributed by atoms with Crippen molar-refractivity contribution in [3.8, 4) is 11.5 Å². The third-order valence-corrected chi connectivity index (χ3v) is 6.58. The van der Waals surface area contributed by atoms with Gasteiger partial charge in [0.15, 0.2) is 0 Å². The molecule has 1 aliphatic heterocycles. The van der Waals surface area contributed by atoms with E-state index in [2.05, 4.69) is 17.1 Å². The van der Waals surface area contributed by atoms with Gasteiger partial charge in [-0.1, -0.05) is 30.7 Å². The lowest BCUT2D eigenvalue weighted by Gasteiger charge is -2.36. The zero-order valence-corrected chi connectivity index (χ0v) is 21.9. The second-order valence-corrected chi connectivity index (χ2v) is 9.08. The number of methoxy groups -OCH3 is 2. The summed E-state index contributed by atoms with van der Waals surface area (Å²) in [6.45, 7) is 6.57. The van der Waals surface area contributed by atoms with Crippen LogP contribution in [0.5, 0.6) is 11.5 Å². The van der Waals surface area contributed by atoms with Gasteiger partial charge in [-0.15, -0.1) is 0 Å². The number of aryl methyl sites for hydroxylation is 2. The summed E-state index contributed by atoms with van der Waals surface area (Å²) in [6.07, 6.45) is 1.55. The van der Waals surface area contributed by atoms with Gasteiger partial charge in [0.1, 0.15) is 23.1 Å². The van der Waals surface area contributed by atoms with E-state index in [0.717, 1.165) is 46.3 Å². The Labute approximate surface area is 217 Å². The molecule has 0 aliphatic carbocycles. The molecule has 1 fully saturated rings. The predicted molar refractivity (Wildman–Crippen MR) is 143 cm³/mol. The molecule has 0 spiro atoms. The number of benzene rings is 2. The van der Waals surface area contributed by atoms with Crippen molar-refractivity contribution in [3.63, 3.8) is 0 Å². The van der Waals surface area contributed by atoms with Crippen LogP contribution in [0.1, 0.15) is 29.6 Å². The van der Waals surface area contributed by atoms with E-state index in [1.165, 1.54) is 0 Å². The lowest BCUT2D eigenvalue weighted by atomic mass is 10.0. The molecule has 1 aliphatic rings. The zero-order valence-electron chi connectivity index (χ0n) is 21.2. The molecule has 0 unspecified atom stereocenters. The van der Waals surface area contributed by atoms with Crippen molar-refractivity contribution in [1.29, 1.82) is 0 Å². The van der Waals surface area contributed by atoms with E-state index in [9.17, 15) is 4.79 Å². The van der Waals surface area contributed by atoms with Crippen LogP contribution in [-0.2, 0) is 12.8 Å². The van der Waals surface area contributed by atoms with Gasteiger partial charge in [-0.2, -0.15) is 0 Å². The third kappa shape index (κ3) is 5.82. The highest BCUT2D eigenvalue weighted by Crippen LogP contribution is 2.30.